The van der Waals surface area contributed by atoms with Crippen LogP contribution in [-0.2, 0) is 6.18 Å². The zero-order chi connectivity index (χ0) is 15.2. The fraction of sp³-hybridized carbons (Fsp3) is 0.615. The minimum absolute atomic E-state index is 0.286. The maximum Gasteiger partial charge on any atom is 0.416 e. The number of nitrogens with one attached hydrogen (secondary N) is 1. The third kappa shape index (κ3) is 6.00. The molecule has 0 unspecified atom stereocenters. The van der Waals surface area contributed by atoms with Crippen LogP contribution in [0.4, 0.5) is 19.0 Å². The van der Waals surface area contributed by atoms with Crippen molar-refractivity contribution in [3.63, 3.8) is 0 Å². The minimum Gasteiger partial charge on any atom is -0.370 e. The quantitative estimate of drug-likeness (QED) is 0.779. The van der Waals surface area contributed by atoms with Crippen molar-refractivity contribution in [1.29, 1.82) is 0 Å². The molecule has 0 spiro atoms. The van der Waals surface area contributed by atoms with E-state index >= 15 is 0 Å². The molecule has 0 fully saturated rings. The largest absolute Gasteiger partial charge is 0.416 e. The van der Waals surface area contributed by atoms with Gasteiger partial charge in [0.15, 0.2) is 0 Å². The molecule has 1 N–H and O–H groups in total. The molecule has 0 amide bonds. The highest BCUT2D eigenvalue weighted by molar-refractivity contribution is 7.99. The molecule has 7 heteroatoms. The summed E-state index contributed by atoms with van der Waals surface area (Å²) in [7, 11) is 3.85. The summed E-state index contributed by atoms with van der Waals surface area (Å²) in [6.07, 6.45) is -3.51. The molecular weight excluding hydrogens is 287 g/mol. The molecule has 114 valence electrons. The number of thioether (sulfide) groups is 1. The van der Waals surface area contributed by atoms with E-state index in [9.17, 15) is 13.2 Å². The van der Waals surface area contributed by atoms with Gasteiger partial charge in [0.25, 0.3) is 0 Å². The van der Waals surface area contributed by atoms with E-state index in [1.165, 1.54) is 11.8 Å². The summed E-state index contributed by atoms with van der Waals surface area (Å²) in [6.45, 7) is 3.35. The first-order chi connectivity index (χ1) is 9.32. The van der Waals surface area contributed by atoms with Crippen molar-refractivity contribution < 1.29 is 13.2 Å². The zero-order valence-corrected chi connectivity index (χ0v) is 12.7. The SMILES string of the molecule is CCCNc1cc(C(F)(F)F)cc(SCCN(C)C)n1. The van der Waals surface area contributed by atoms with Crippen LogP contribution in [0, 0.1) is 0 Å². The number of pyridine rings is 1. The predicted octanol–water partition coefficient (Wildman–Crippen LogP) is 3.58. The monoisotopic (exact) mass is 307 g/mol. The molecule has 0 radical (unpaired) electrons. The van der Waals surface area contributed by atoms with Crippen molar-refractivity contribution in [2.24, 2.45) is 0 Å². The second-order valence-corrected chi connectivity index (χ2v) is 5.77. The molecule has 0 aliphatic heterocycles. The molecule has 20 heavy (non-hydrogen) atoms. The first-order valence-electron chi connectivity index (χ1n) is 6.43. The Morgan fingerprint density at radius 3 is 2.55 bits per heavy atom. The lowest BCUT2D eigenvalue weighted by Gasteiger charge is -2.13. The second-order valence-electron chi connectivity index (χ2n) is 4.66. The third-order valence-electron chi connectivity index (χ3n) is 2.47. The van der Waals surface area contributed by atoms with Gasteiger partial charge < -0.3 is 10.2 Å². The molecule has 0 aliphatic rings. The molecule has 0 atom stereocenters. The number of aromatic nitrogens is 1. The predicted molar refractivity (Wildman–Crippen MR) is 77.3 cm³/mol. The maximum atomic E-state index is 12.8. The summed E-state index contributed by atoms with van der Waals surface area (Å²) in [5.41, 5.74) is -0.654. The van der Waals surface area contributed by atoms with E-state index < -0.39 is 11.7 Å². The van der Waals surface area contributed by atoms with Crippen LogP contribution in [0.5, 0.6) is 0 Å². The standard InChI is InChI=1S/C13H20F3N3S/c1-4-5-17-11-8-10(13(14,15)16)9-12(18-11)20-7-6-19(2)3/h8-9H,4-7H2,1-3H3,(H,17,18). The Morgan fingerprint density at radius 2 is 2.00 bits per heavy atom. The van der Waals surface area contributed by atoms with Crippen LogP contribution >= 0.6 is 11.8 Å². The van der Waals surface area contributed by atoms with Gasteiger partial charge in [-0.2, -0.15) is 13.2 Å². The fourth-order valence-electron chi connectivity index (χ4n) is 1.42. The van der Waals surface area contributed by atoms with Crippen molar-refractivity contribution >= 4 is 17.6 Å². The smallest absolute Gasteiger partial charge is 0.370 e. The number of nitrogens with zero attached hydrogens (tertiary/aromatic N) is 2. The molecule has 0 saturated heterocycles. The normalized spacial score (nSPS) is 11.9. The van der Waals surface area contributed by atoms with Gasteiger partial charge in [-0.15, -0.1) is 11.8 Å². The van der Waals surface area contributed by atoms with Gasteiger partial charge >= 0.3 is 6.18 Å². The van der Waals surface area contributed by atoms with Crippen LogP contribution in [-0.4, -0.2) is 42.8 Å². The first-order valence-corrected chi connectivity index (χ1v) is 7.42. The lowest BCUT2D eigenvalue weighted by Crippen LogP contribution is -2.15. The number of halogens is 3. The number of rotatable bonds is 7. The van der Waals surface area contributed by atoms with Gasteiger partial charge in [0.05, 0.1) is 10.6 Å². The summed E-state index contributed by atoms with van der Waals surface area (Å²) in [5, 5.41) is 3.31. The van der Waals surface area contributed by atoms with Crippen LogP contribution < -0.4 is 5.32 Å². The van der Waals surface area contributed by atoms with Gasteiger partial charge in [-0.25, -0.2) is 4.98 Å². The van der Waals surface area contributed by atoms with Gasteiger partial charge in [0.1, 0.15) is 5.82 Å². The Balaban J connectivity index is 2.86. The highest BCUT2D eigenvalue weighted by Crippen LogP contribution is 2.33. The first kappa shape index (κ1) is 17.1. The third-order valence-corrected chi connectivity index (χ3v) is 3.37. The Morgan fingerprint density at radius 1 is 1.30 bits per heavy atom. The molecule has 1 aromatic rings. The molecule has 1 aromatic heterocycles. The van der Waals surface area contributed by atoms with Gasteiger partial charge in [-0.05, 0) is 32.6 Å². The van der Waals surface area contributed by atoms with Gasteiger partial charge in [0.2, 0.25) is 0 Å². The number of hydrogen-bond donors (Lipinski definition) is 1. The molecule has 1 rings (SSSR count). The molecule has 0 aromatic carbocycles. The Labute approximate surface area is 122 Å². The number of alkyl halides is 3. The highest BCUT2D eigenvalue weighted by atomic mass is 32.2. The fourth-order valence-corrected chi connectivity index (χ4v) is 2.46. The van der Waals surface area contributed by atoms with Crippen molar-refractivity contribution in [1.82, 2.24) is 9.88 Å². The van der Waals surface area contributed by atoms with E-state index in [1.807, 2.05) is 25.9 Å². The van der Waals surface area contributed by atoms with Crippen molar-refractivity contribution in [2.45, 2.75) is 24.5 Å². The molecule has 3 nitrogen and oxygen atoms in total. The highest BCUT2D eigenvalue weighted by Gasteiger charge is 2.31. The molecule has 1 heterocycles. The minimum atomic E-state index is -4.34. The van der Waals surface area contributed by atoms with Crippen LogP contribution in [0.25, 0.3) is 0 Å². The van der Waals surface area contributed by atoms with Gasteiger partial charge in [-0.3, -0.25) is 0 Å². The number of anilines is 1. The topological polar surface area (TPSA) is 28.2 Å². The summed E-state index contributed by atoms with van der Waals surface area (Å²) in [4.78, 5) is 6.20. The van der Waals surface area contributed by atoms with Crippen LogP contribution in [0.1, 0.15) is 18.9 Å². The van der Waals surface area contributed by atoms with Crippen LogP contribution in [0.2, 0.25) is 0 Å². The maximum absolute atomic E-state index is 12.8. The Kier molecular flexibility index (Phi) is 6.61. The lowest BCUT2D eigenvalue weighted by molar-refractivity contribution is -0.137. The molecular formula is C13H20F3N3S. The van der Waals surface area contributed by atoms with Crippen LogP contribution in [0.3, 0.4) is 0 Å². The van der Waals surface area contributed by atoms with Gasteiger partial charge in [-0.1, -0.05) is 6.92 Å². The second kappa shape index (κ2) is 7.73. The summed E-state index contributed by atoms with van der Waals surface area (Å²) in [6, 6.07) is 2.17. The van der Waals surface area contributed by atoms with Crippen molar-refractivity contribution in [3.05, 3.63) is 17.7 Å². The lowest BCUT2D eigenvalue weighted by atomic mass is 10.2. The van der Waals surface area contributed by atoms with E-state index in [0.29, 0.717) is 17.3 Å². The Hall–Kier alpha value is -0.950. The summed E-state index contributed by atoms with van der Waals surface area (Å²) < 4.78 is 38.5. The van der Waals surface area contributed by atoms with E-state index in [-0.39, 0.29) is 5.82 Å². The average Bonchev–Trinajstić information content (AvgIpc) is 2.34. The summed E-state index contributed by atoms with van der Waals surface area (Å²) in [5.74, 6) is 0.989. The van der Waals surface area contributed by atoms with E-state index in [1.54, 1.807) is 0 Å². The zero-order valence-electron chi connectivity index (χ0n) is 11.9. The van der Waals surface area contributed by atoms with Crippen molar-refractivity contribution in [2.75, 3.05) is 38.3 Å². The van der Waals surface area contributed by atoms with Crippen molar-refractivity contribution in [3.8, 4) is 0 Å². The molecule has 0 bridgehead atoms. The summed E-state index contributed by atoms with van der Waals surface area (Å²) >= 11 is 1.33. The van der Waals surface area contributed by atoms with Crippen LogP contribution in [0.15, 0.2) is 17.2 Å². The number of hydrogen-bond acceptors (Lipinski definition) is 4. The van der Waals surface area contributed by atoms with E-state index in [0.717, 1.165) is 25.1 Å². The molecule has 0 aliphatic carbocycles. The Bertz CT molecular complexity index is 422. The molecule has 0 saturated carbocycles. The van der Waals surface area contributed by atoms with Gasteiger partial charge in [0, 0.05) is 18.8 Å². The average molecular weight is 307 g/mol. The van der Waals surface area contributed by atoms with E-state index in [2.05, 4.69) is 10.3 Å². The van der Waals surface area contributed by atoms with E-state index in [4.69, 9.17) is 0 Å².